The highest BCUT2D eigenvalue weighted by Crippen LogP contribution is 2.20. The second-order valence-electron chi connectivity index (χ2n) is 5.55. The average Bonchev–Trinajstić information content (AvgIpc) is 2.62. The molecule has 0 unspecified atom stereocenters. The van der Waals surface area contributed by atoms with Gasteiger partial charge in [-0.1, -0.05) is 12.1 Å². The van der Waals surface area contributed by atoms with E-state index in [1.807, 2.05) is 0 Å². The summed E-state index contributed by atoms with van der Waals surface area (Å²) in [5, 5.41) is 12.1. The van der Waals surface area contributed by atoms with Crippen LogP contribution in [0.2, 0.25) is 0 Å². The maximum Gasteiger partial charge on any atom is 0.255 e. The lowest BCUT2D eigenvalue weighted by Gasteiger charge is -2.26. The van der Waals surface area contributed by atoms with Crippen molar-refractivity contribution in [2.75, 3.05) is 31.6 Å². The molecule has 2 aromatic carbocycles. The Hall–Kier alpha value is -2.42. The molecule has 2 N–H and O–H groups in total. The van der Waals surface area contributed by atoms with E-state index >= 15 is 0 Å². The molecule has 25 heavy (non-hydrogen) atoms. The molecule has 1 amide bonds. The first-order valence-corrected chi connectivity index (χ1v) is 9.19. The Morgan fingerprint density at radius 1 is 1.08 bits per heavy atom. The Kier molecular flexibility index (Phi) is 5.03. The Labute approximate surface area is 145 Å². The number of morpholine rings is 1. The molecule has 8 heteroatoms. The van der Waals surface area contributed by atoms with Gasteiger partial charge in [0.1, 0.15) is 5.75 Å². The van der Waals surface area contributed by atoms with E-state index in [0.717, 1.165) is 0 Å². The number of anilines is 1. The van der Waals surface area contributed by atoms with Crippen LogP contribution in [0.1, 0.15) is 10.4 Å². The molecule has 2 aromatic rings. The Bertz CT molecular complexity index is 876. The van der Waals surface area contributed by atoms with Gasteiger partial charge < -0.3 is 15.2 Å². The van der Waals surface area contributed by atoms with Crippen LogP contribution in [-0.2, 0) is 14.8 Å². The summed E-state index contributed by atoms with van der Waals surface area (Å²) in [5.41, 5.74) is 0.643. The van der Waals surface area contributed by atoms with E-state index in [4.69, 9.17) is 4.74 Å². The van der Waals surface area contributed by atoms with E-state index in [0.29, 0.717) is 32.0 Å². The molecule has 0 radical (unpaired) electrons. The minimum Gasteiger partial charge on any atom is -0.508 e. The van der Waals surface area contributed by atoms with Crippen molar-refractivity contribution < 1.29 is 23.1 Å². The van der Waals surface area contributed by atoms with Crippen molar-refractivity contribution in [1.29, 1.82) is 0 Å². The number of ether oxygens (including phenoxy) is 1. The second kappa shape index (κ2) is 7.22. The molecular weight excluding hydrogens is 344 g/mol. The van der Waals surface area contributed by atoms with Gasteiger partial charge in [-0.3, -0.25) is 4.79 Å². The molecule has 1 fully saturated rings. The summed E-state index contributed by atoms with van der Waals surface area (Å²) in [6, 6.07) is 12.0. The number of rotatable bonds is 4. The van der Waals surface area contributed by atoms with Crippen LogP contribution >= 0.6 is 0 Å². The number of carbonyl (C=O) groups is 1. The lowest BCUT2D eigenvalue weighted by Crippen LogP contribution is -2.40. The fraction of sp³-hybridized carbons (Fsp3) is 0.235. The van der Waals surface area contributed by atoms with Crippen LogP contribution < -0.4 is 5.32 Å². The number of phenolic OH excluding ortho intramolecular Hbond substituents is 1. The Balaban J connectivity index is 1.82. The van der Waals surface area contributed by atoms with E-state index in [9.17, 15) is 18.3 Å². The molecule has 0 saturated carbocycles. The van der Waals surface area contributed by atoms with Gasteiger partial charge in [0.15, 0.2) is 0 Å². The van der Waals surface area contributed by atoms with E-state index in [-0.39, 0.29) is 16.2 Å². The van der Waals surface area contributed by atoms with Gasteiger partial charge in [0, 0.05) is 30.4 Å². The summed E-state index contributed by atoms with van der Waals surface area (Å²) in [6.07, 6.45) is 0. The minimum absolute atomic E-state index is 0.0291. The van der Waals surface area contributed by atoms with Crippen LogP contribution in [0.5, 0.6) is 5.75 Å². The molecule has 0 atom stereocenters. The second-order valence-corrected chi connectivity index (χ2v) is 7.49. The molecule has 0 aromatic heterocycles. The van der Waals surface area contributed by atoms with E-state index in [1.54, 1.807) is 12.1 Å². The predicted octanol–water partition coefficient (Wildman–Crippen LogP) is 1.67. The number of phenols is 1. The van der Waals surface area contributed by atoms with Gasteiger partial charge in [-0.15, -0.1) is 0 Å². The first-order chi connectivity index (χ1) is 12.0. The topological polar surface area (TPSA) is 95.9 Å². The molecule has 1 aliphatic heterocycles. The van der Waals surface area contributed by atoms with Crippen LogP contribution in [0.3, 0.4) is 0 Å². The van der Waals surface area contributed by atoms with Crippen LogP contribution in [0.15, 0.2) is 53.4 Å². The fourth-order valence-electron chi connectivity index (χ4n) is 2.52. The summed E-state index contributed by atoms with van der Waals surface area (Å²) in [7, 11) is -3.66. The molecule has 0 aliphatic carbocycles. The minimum atomic E-state index is -3.66. The number of hydrogen-bond donors (Lipinski definition) is 2. The third-order valence-corrected chi connectivity index (χ3v) is 5.70. The third-order valence-electron chi connectivity index (χ3n) is 3.81. The summed E-state index contributed by atoms with van der Waals surface area (Å²) < 4.78 is 31.9. The van der Waals surface area contributed by atoms with Crippen LogP contribution in [0, 0.1) is 0 Å². The van der Waals surface area contributed by atoms with Crippen molar-refractivity contribution in [2.24, 2.45) is 0 Å². The lowest BCUT2D eigenvalue weighted by atomic mass is 10.2. The van der Waals surface area contributed by atoms with Gasteiger partial charge >= 0.3 is 0 Å². The average molecular weight is 362 g/mol. The molecule has 3 rings (SSSR count). The van der Waals surface area contributed by atoms with E-state index in [2.05, 4.69) is 5.32 Å². The van der Waals surface area contributed by atoms with Gasteiger partial charge in [-0.2, -0.15) is 4.31 Å². The Morgan fingerprint density at radius 3 is 2.52 bits per heavy atom. The van der Waals surface area contributed by atoms with Crippen molar-refractivity contribution >= 4 is 21.6 Å². The zero-order valence-electron chi connectivity index (χ0n) is 13.4. The molecule has 7 nitrogen and oxygen atoms in total. The fourth-order valence-corrected chi connectivity index (χ4v) is 3.98. The van der Waals surface area contributed by atoms with Crippen LogP contribution in [-0.4, -0.2) is 50.0 Å². The first kappa shape index (κ1) is 17.4. The number of carbonyl (C=O) groups excluding carboxylic acids is 1. The van der Waals surface area contributed by atoms with Gasteiger partial charge in [-0.25, -0.2) is 8.42 Å². The number of benzene rings is 2. The van der Waals surface area contributed by atoms with Crippen LogP contribution in [0.4, 0.5) is 5.69 Å². The van der Waals surface area contributed by atoms with Crippen molar-refractivity contribution in [1.82, 2.24) is 4.31 Å². The lowest BCUT2D eigenvalue weighted by molar-refractivity contribution is 0.0730. The highest BCUT2D eigenvalue weighted by Gasteiger charge is 2.26. The molecule has 132 valence electrons. The number of nitrogens with zero attached hydrogens (tertiary/aromatic N) is 1. The zero-order valence-corrected chi connectivity index (χ0v) is 14.2. The molecule has 1 aliphatic rings. The van der Waals surface area contributed by atoms with Gasteiger partial charge in [0.2, 0.25) is 10.0 Å². The molecule has 1 saturated heterocycles. The highest BCUT2D eigenvalue weighted by atomic mass is 32.2. The number of sulfonamides is 1. The number of amides is 1. The standard InChI is InChI=1S/C17H18N2O5S/c20-15-5-2-4-14(12-15)18-17(21)13-3-1-6-16(11-13)25(22,23)19-7-9-24-10-8-19/h1-6,11-12,20H,7-10H2,(H,18,21). The number of nitrogens with one attached hydrogen (secondary N) is 1. The number of aromatic hydroxyl groups is 1. The highest BCUT2D eigenvalue weighted by molar-refractivity contribution is 7.89. The van der Waals surface area contributed by atoms with Crippen molar-refractivity contribution in [3.63, 3.8) is 0 Å². The van der Waals surface area contributed by atoms with Crippen molar-refractivity contribution in [3.05, 3.63) is 54.1 Å². The van der Waals surface area contributed by atoms with Crippen molar-refractivity contribution in [3.8, 4) is 5.75 Å². The van der Waals surface area contributed by atoms with Gasteiger partial charge in [0.05, 0.1) is 18.1 Å². The summed E-state index contributed by atoms with van der Waals surface area (Å²) in [6.45, 7) is 1.30. The zero-order chi connectivity index (χ0) is 17.9. The summed E-state index contributed by atoms with van der Waals surface area (Å²) >= 11 is 0. The predicted molar refractivity (Wildman–Crippen MR) is 92.1 cm³/mol. The Morgan fingerprint density at radius 2 is 1.80 bits per heavy atom. The third kappa shape index (κ3) is 3.98. The summed E-state index contributed by atoms with van der Waals surface area (Å²) in [4.78, 5) is 12.4. The van der Waals surface area contributed by atoms with Crippen molar-refractivity contribution in [2.45, 2.75) is 4.90 Å². The molecule has 0 bridgehead atoms. The van der Waals surface area contributed by atoms with Gasteiger partial charge in [-0.05, 0) is 30.3 Å². The molecular formula is C17H18N2O5S. The van der Waals surface area contributed by atoms with Gasteiger partial charge in [0.25, 0.3) is 5.91 Å². The normalized spacial score (nSPS) is 15.7. The SMILES string of the molecule is O=C(Nc1cccc(O)c1)c1cccc(S(=O)(=O)N2CCOCC2)c1. The smallest absolute Gasteiger partial charge is 0.255 e. The van der Waals surface area contributed by atoms with Crippen LogP contribution in [0.25, 0.3) is 0 Å². The monoisotopic (exact) mass is 362 g/mol. The maximum absolute atomic E-state index is 12.7. The quantitative estimate of drug-likeness (QED) is 0.862. The number of hydrogen-bond acceptors (Lipinski definition) is 5. The van der Waals surface area contributed by atoms with E-state index in [1.165, 1.54) is 40.7 Å². The summed E-state index contributed by atoms with van der Waals surface area (Å²) in [5.74, 6) is -0.425. The van der Waals surface area contributed by atoms with E-state index < -0.39 is 15.9 Å². The molecule has 1 heterocycles. The first-order valence-electron chi connectivity index (χ1n) is 7.75. The molecule has 0 spiro atoms. The maximum atomic E-state index is 12.7. The largest absolute Gasteiger partial charge is 0.508 e.